The molecule has 9 heteroatoms. The maximum absolute atomic E-state index is 13.5. The molecule has 0 bridgehead atoms. The average Bonchev–Trinajstić information content (AvgIpc) is 2.80. The highest BCUT2D eigenvalue weighted by atomic mass is 35.5. The van der Waals surface area contributed by atoms with Crippen LogP contribution in [-0.4, -0.2) is 21.9 Å². The molecule has 0 spiro atoms. The molecule has 0 saturated carbocycles. The van der Waals surface area contributed by atoms with E-state index in [0.717, 1.165) is 36.0 Å². The smallest absolute Gasteiger partial charge is 0.260 e. The number of hydrogen-bond acceptors (Lipinski definition) is 5. The third-order valence-electron chi connectivity index (χ3n) is 3.22. The van der Waals surface area contributed by atoms with E-state index >= 15 is 0 Å². The van der Waals surface area contributed by atoms with Gasteiger partial charge in [-0.1, -0.05) is 0 Å². The lowest BCUT2D eigenvalue weighted by molar-refractivity contribution is 0.102. The SMILES string of the molecule is Cl.Cl.N[C@H]1CCc2nc(NC(=O)c3ccncc3F)sc2C1. The Hall–Kier alpha value is -1.28. The van der Waals surface area contributed by atoms with Crippen molar-refractivity contribution in [3.63, 3.8) is 0 Å². The number of nitrogens with one attached hydrogen (secondary N) is 1. The number of nitrogens with zero attached hydrogens (tertiary/aromatic N) is 2. The molecule has 0 fully saturated rings. The van der Waals surface area contributed by atoms with E-state index in [0.29, 0.717) is 5.13 Å². The predicted octanol–water partition coefficient (Wildman–Crippen LogP) is 2.59. The quantitative estimate of drug-likeness (QED) is 0.857. The highest BCUT2D eigenvalue weighted by Gasteiger charge is 2.21. The van der Waals surface area contributed by atoms with Gasteiger partial charge in [0, 0.05) is 17.1 Å². The number of aryl methyl sites for hydroxylation is 1. The van der Waals surface area contributed by atoms with Crippen molar-refractivity contribution < 1.29 is 9.18 Å². The number of halogens is 3. The van der Waals surface area contributed by atoms with Gasteiger partial charge in [-0.25, -0.2) is 9.37 Å². The molecular weight excluding hydrogens is 350 g/mol. The first-order valence-corrected chi connectivity index (χ1v) is 7.10. The van der Waals surface area contributed by atoms with E-state index < -0.39 is 11.7 Å². The van der Waals surface area contributed by atoms with Crippen LogP contribution in [-0.2, 0) is 12.8 Å². The van der Waals surface area contributed by atoms with Crippen molar-refractivity contribution in [2.45, 2.75) is 25.3 Å². The molecule has 1 amide bonds. The molecule has 0 unspecified atom stereocenters. The Kier molecular flexibility index (Phi) is 6.67. The topological polar surface area (TPSA) is 80.9 Å². The van der Waals surface area contributed by atoms with Crippen LogP contribution in [0, 0.1) is 5.82 Å². The van der Waals surface area contributed by atoms with Gasteiger partial charge < -0.3 is 5.73 Å². The summed E-state index contributed by atoms with van der Waals surface area (Å²) in [6.07, 6.45) is 4.91. The first-order valence-electron chi connectivity index (χ1n) is 6.28. The van der Waals surface area contributed by atoms with Crippen molar-refractivity contribution in [3.8, 4) is 0 Å². The molecule has 22 heavy (non-hydrogen) atoms. The second-order valence-electron chi connectivity index (χ2n) is 4.70. The summed E-state index contributed by atoms with van der Waals surface area (Å²) in [5, 5.41) is 3.12. The molecule has 3 rings (SSSR count). The standard InChI is InChI=1S/C13H13FN4OS.2ClH/c14-9-6-16-4-3-8(9)12(19)18-13-17-10-2-1-7(15)5-11(10)20-13;;/h3-4,6-7H,1-2,5,15H2,(H,17,18,19);2*1H/t7-;;/m0../s1. The van der Waals surface area contributed by atoms with Crippen molar-refractivity contribution in [1.29, 1.82) is 0 Å². The van der Waals surface area contributed by atoms with Gasteiger partial charge in [0.1, 0.15) is 0 Å². The van der Waals surface area contributed by atoms with Crippen molar-refractivity contribution in [3.05, 3.63) is 40.4 Å². The number of nitrogens with two attached hydrogens (primary N) is 1. The Morgan fingerprint density at radius 1 is 1.45 bits per heavy atom. The number of pyridine rings is 1. The Labute approximate surface area is 143 Å². The number of fused-ring (bicyclic) bond motifs is 1. The minimum atomic E-state index is -0.645. The third kappa shape index (κ3) is 3.92. The van der Waals surface area contributed by atoms with Gasteiger partial charge in [-0.05, 0) is 25.3 Å². The summed E-state index contributed by atoms with van der Waals surface area (Å²) >= 11 is 1.41. The molecule has 2 aromatic heterocycles. The summed E-state index contributed by atoms with van der Waals surface area (Å²) in [7, 11) is 0. The van der Waals surface area contributed by atoms with Crippen LogP contribution >= 0.6 is 36.2 Å². The van der Waals surface area contributed by atoms with E-state index in [1.807, 2.05) is 0 Å². The molecule has 0 saturated heterocycles. The number of carbonyl (C=O) groups excluding carboxylic acids is 1. The molecule has 1 aliphatic rings. The molecule has 0 aromatic carbocycles. The average molecular weight is 365 g/mol. The van der Waals surface area contributed by atoms with Gasteiger partial charge in [0.25, 0.3) is 5.91 Å². The van der Waals surface area contributed by atoms with Crippen molar-refractivity contribution in [1.82, 2.24) is 9.97 Å². The Morgan fingerprint density at radius 2 is 2.23 bits per heavy atom. The lowest BCUT2D eigenvalue weighted by atomic mass is 9.99. The Bertz CT molecular complexity index is 667. The monoisotopic (exact) mass is 364 g/mol. The summed E-state index contributed by atoms with van der Waals surface area (Å²) < 4.78 is 13.5. The third-order valence-corrected chi connectivity index (χ3v) is 4.25. The van der Waals surface area contributed by atoms with Crippen LogP contribution in [0.5, 0.6) is 0 Å². The van der Waals surface area contributed by atoms with Crippen molar-refractivity contribution in [2.24, 2.45) is 5.73 Å². The van der Waals surface area contributed by atoms with E-state index in [9.17, 15) is 9.18 Å². The summed E-state index contributed by atoms with van der Waals surface area (Å²) in [5.41, 5.74) is 6.86. The van der Waals surface area contributed by atoms with E-state index in [-0.39, 0.29) is 36.4 Å². The van der Waals surface area contributed by atoms with Gasteiger partial charge >= 0.3 is 0 Å². The molecule has 1 atom stereocenters. The molecule has 0 radical (unpaired) electrons. The normalized spacial score (nSPS) is 16.0. The zero-order chi connectivity index (χ0) is 14.1. The lowest BCUT2D eigenvalue weighted by Crippen LogP contribution is -2.27. The van der Waals surface area contributed by atoms with Gasteiger partial charge in [0.2, 0.25) is 0 Å². The van der Waals surface area contributed by atoms with Gasteiger partial charge in [-0.2, -0.15) is 0 Å². The van der Waals surface area contributed by atoms with E-state index in [2.05, 4.69) is 15.3 Å². The van der Waals surface area contributed by atoms with E-state index in [4.69, 9.17) is 5.73 Å². The molecule has 120 valence electrons. The minimum absolute atomic E-state index is 0. The number of carbonyl (C=O) groups is 1. The summed E-state index contributed by atoms with van der Waals surface area (Å²) in [5.74, 6) is -1.16. The van der Waals surface area contributed by atoms with Crippen molar-refractivity contribution >= 4 is 47.2 Å². The number of thiazole rings is 1. The summed E-state index contributed by atoms with van der Waals surface area (Å²) in [6.45, 7) is 0. The second-order valence-corrected chi connectivity index (χ2v) is 5.79. The zero-order valence-electron chi connectivity index (χ0n) is 11.4. The van der Waals surface area contributed by atoms with Crippen LogP contribution in [0.3, 0.4) is 0 Å². The summed E-state index contributed by atoms with van der Waals surface area (Å²) in [6, 6.07) is 1.50. The highest BCUT2D eigenvalue weighted by molar-refractivity contribution is 7.15. The molecule has 2 heterocycles. The fraction of sp³-hybridized carbons (Fsp3) is 0.308. The van der Waals surface area contributed by atoms with Crippen LogP contribution in [0.25, 0.3) is 0 Å². The van der Waals surface area contributed by atoms with Crippen LogP contribution in [0.15, 0.2) is 18.5 Å². The predicted molar refractivity (Wildman–Crippen MR) is 88.8 cm³/mol. The lowest BCUT2D eigenvalue weighted by Gasteiger charge is -2.15. The maximum Gasteiger partial charge on any atom is 0.260 e. The first kappa shape index (κ1) is 18.8. The minimum Gasteiger partial charge on any atom is -0.327 e. The van der Waals surface area contributed by atoms with Crippen LogP contribution < -0.4 is 11.1 Å². The highest BCUT2D eigenvalue weighted by Crippen LogP contribution is 2.29. The van der Waals surface area contributed by atoms with Crippen LogP contribution in [0.4, 0.5) is 9.52 Å². The van der Waals surface area contributed by atoms with Crippen LogP contribution in [0.2, 0.25) is 0 Å². The Balaban J connectivity index is 0.00000121. The molecule has 1 aliphatic carbocycles. The van der Waals surface area contributed by atoms with Gasteiger partial charge in [-0.3, -0.25) is 15.1 Å². The summed E-state index contributed by atoms with van der Waals surface area (Å²) in [4.78, 5) is 21.1. The van der Waals surface area contributed by atoms with E-state index in [1.54, 1.807) is 0 Å². The van der Waals surface area contributed by atoms with Crippen LogP contribution in [0.1, 0.15) is 27.3 Å². The fourth-order valence-corrected chi connectivity index (χ4v) is 3.27. The van der Waals surface area contributed by atoms with Gasteiger partial charge in [-0.15, -0.1) is 36.2 Å². The maximum atomic E-state index is 13.5. The van der Waals surface area contributed by atoms with Gasteiger partial charge in [0.15, 0.2) is 10.9 Å². The van der Waals surface area contributed by atoms with Gasteiger partial charge in [0.05, 0.1) is 17.5 Å². The molecule has 5 nitrogen and oxygen atoms in total. The number of hydrogen-bond donors (Lipinski definition) is 2. The number of aromatic nitrogens is 2. The zero-order valence-corrected chi connectivity index (χ0v) is 13.9. The second kappa shape index (κ2) is 7.82. The molecule has 2 aromatic rings. The number of anilines is 1. The van der Waals surface area contributed by atoms with Crippen molar-refractivity contribution in [2.75, 3.05) is 5.32 Å². The number of amides is 1. The Morgan fingerprint density at radius 3 is 2.95 bits per heavy atom. The number of rotatable bonds is 2. The van der Waals surface area contributed by atoms with E-state index in [1.165, 1.54) is 23.6 Å². The molecule has 3 N–H and O–H groups in total. The fourth-order valence-electron chi connectivity index (χ4n) is 2.18. The first-order chi connectivity index (χ1) is 9.63. The largest absolute Gasteiger partial charge is 0.327 e. The molecular formula is C13H15Cl2FN4OS. The molecule has 0 aliphatic heterocycles.